The number of aliphatic hydroxyl groups is 2. The lowest BCUT2D eigenvalue weighted by Gasteiger charge is -2.32. The summed E-state index contributed by atoms with van der Waals surface area (Å²) in [6, 6.07) is 0. The van der Waals surface area contributed by atoms with Gasteiger partial charge in [-0.2, -0.15) is 0 Å². The largest absolute Gasteiger partial charge is 0.385 e. The van der Waals surface area contributed by atoms with E-state index >= 15 is 0 Å². The summed E-state index contributed by atoms with van der Waals surface area (Å²) in [5, 5.41) is 26.4. The molecule has 0 aliphatic heterocycles. The first-order valence-corrected chi connectivity index (χ1v) is 14.0. The van der Waals surface area contributed by atoms with E-state index in [2.05, 4.69) is 45.4 Å². The van der Waals surface area contributed by atoms with Gasteiger partial charge < -0.3 is 39.3 Å². The van der Waals surface area contributed by atoms with E-state index in [-0.39, 0.29) is 17.7 Å². The molecule has 0 heterocycles. The van der Waals surface area contributed by atoms with Gasteiger partial charge in [-0.25, -0.2) is 0 Å². The van der Waals surface area contributed by atoms with Crippen LogP contribution in [0.15, 0.2) is 12.2 Å². The Morgan fingerprint density at radius 2 is 1.21 bits per heavy atom. The van der Waals surface area contributed by atoms with Gasteiger partial charge in [-0.3, -0.25) is 9.59 Å². The van der Waals surface area contributed by atoms with E-state index in [4.69, 9.17) is 9.47 Å². The summed E-state index contributed by atoms with van der Waals surface area (Å²) in [6.45, 7) is 14.9. The highest BCUT2D eigenvalue weighted by atomic mass is 16.5. The summed E-state index contributed by atoms with van der Waals surface area (Å²) in [6.07, 6.45) is 2.25. The summed E-state index contributed by atoms with van der Waals surface area (Å²) in [5.41, 5.74) is 0.506. The summed E-state index contributed by atoms with van der Waals surface area (Å²) in [4.78, 5) is 23.1. The maximum Gasteiger partial charge on any atom is 0.246 e. The first-order chi connectivity index (χ1) is 17.6. The number of hydrogen-bond acceptors (Lipinski definition) is 6. The number of quaternary nitrogens is 2. The van der Waals surface area contributed by atoms with Crippen molar-refractivity contribution in [2.75, 3.05) is 93.9 Å². The smallest absolute Gasteiger partial charge is 0.246 e. The lowest BCUT2D eigenvalue weighted by atomic mass is 10.2. The molecule has 0 aromatic heterocycles. The molecule has 224 valence electrons. The Morgan fingerprint density at radius 1 is 0.789 bits per heavy atom. The highest BCUT2D eigenvalue weighted by Gasteiger charge is 2.21. The highest BCUT2D eigenvalue weighted by molar-refractivity contribution is 5.92. The molecule has 4 N–H and O–H groups in total. The molecule has 0 bridgehead atoms. The highest BCUT2D eigenvalue weighted by Crippen LogP contribution is 2.05. The molecule has 0 rings (SSSR count). The number of unbranched alkanes of at least 4 members (excludes halogenated alkanes) is 1. The molecule has 2 unspecified atom stereocenters. The van der Waals surface area contributed by atoms with Crippen molar-refractivity contribution in [1.82, 2.24) is 10.6 Å². The van der Waals surface area contributed by atoms with E-state index in [9.17, 15) is 19.8 Å². The second-order valence-corrected chi connectivity index (χ2v) is 12.0. The number of carbonyl (C=O) groups excluding carboxylic acids is 2. The van der Waals surface area contributed by atoms with Crippen molar-refractivity contribution in [3.8, 4) is 0 Å². The standard InChI is InChI=1S/C28H56N4O6/c1-23(2)27(35)29-13-11-15-31(5,6)19-25(33)21-37-17-9-10-18-38-22-26(34)20-32(7,8)16-12-14-30-28(36)24(3)4/h24-26,33-34H,1,9-22H2,2-8H3/p+2. The molecule has 10 heteroatoms. The number of hydrogen-bond donors (Lipinski definition) is 4. The number of likely N-dealkylation sites (N-methyl/N-ethyl adjacent to an activating group) is 2. The molecule has 0 aliphatic rings. The zero-order chi connectivity index (χ0) is 29.2. The molecule has 2 atom stereocenters. The third kappa shape index (κ3) is 20.4. The second kappa shape index (κ2) is 19.5. The lowest BCUT2D eigenvalue weighted by Crippen LogP contribution is -2.48. The number of nitrogens with one attached hydrogen (secondary N) is 2. The van der Waals surface area contributed by atoms with E-state index in [0.717, 1.165) is 38.8 Å². The summed E-state index contributed by atoms with van der Waals surface area (Å²) < 4.78 is 12.6. The van der Waals surface area contributed by atoms with Crippen molar-refractivity contribution in [2.45, 2.75) is 58.7 Å². The van der Waals surface area contributed by atoms with Crippen molar-refractivity contribution in [2.24, 2.45) is 5.92 Å². The fraction of sp³-hybridized carbons (Fsp3) is 0.857. The van der Waals surface area contributed by atoms with E-state index in [0.29, 0.717) is 67.1 Å². The van der Waals surface area contributed by atoms with Crippen molar-refractivity contribution < 1.29 is 38.2 Å². The fourth-order valence-electron chi connectivity index (χ4n) is 4.06. The van der Waals surface area contributed by atoms with E-state index < -0.39 is 12.2 Å². The summed E-state index contributed by atoms with van der Waals surface area (Å²) in [7, 11) is 8.26. The average molecular weight is 547 g/mol. The second-order valence-electron chi connectivity index (χ2n) is 12.0. The summed E-state index contributed by atoms with van der Waals surface area (Å²) >= 11 is 0. The molecular formula is C28H58N4O6+2. The summed E-state index contributed by atoms with van der Waals surface area (Å²) in [5.74, 6) is -0.0506. The lowest BCUT2D eigenvalue weighted by molar-refractivity contribution is -0.893. The third-order valence-electron chi connectivity index (χ3n) is 6.24. The predicted molar refractivity (Wildman–Crippen MR) is 151 cm³/mol. The minimum absolute atomic E-state index is 0.00266. The van der Waals surface area contributed by atoms with Crippen LogP contribution in [-0.4, -0.2) is 137 Å². The number of rotatable bonds is 23. The normalized spacial score (nSPS) is 13.8. The minimum atomic E-state index is -0.547. The van der Waals surface area contributed by atoms with Crippen LogP contribution >= 0.6 is 0 Å². The van der Waals surface area contributed by atoms with Crippen LogP contribution in [0.5, 0.6) is 0 Å². The van der Waals surface area contributed by atoms with Crippen LogP contribution in [0.1, 0.15) is 46.5 Å². The maximum absolute atomic E-state index is 11.6. The quantitative estimate of drug-likeness (QED) is 0.0860. The molecule has 0 aromatic rings. The van der Waals surface area contributed by atoms with Crippen LogP contribution in [0, 0.1) is 5.92 Å². The Hall–Kier alpha value is -1.56. The van der Waals surface area contributed by atoms with E-state index in [1.165, 1.54) is 0 Å². The number of carbonyl (C=O) groups is 2. The predicted octanol–water partition coefficient (Wildman–Crippen LogP) is 0.919. The topological polar surface area (TPSA) is 117 Å². The van der Waals surface area contributed by atoms with Crippen molar-refractivity contribution >= 4 is 11.8 Å². The van der Waals surface area contributed by atoms with Crippen LogP contribution in [0.25, 0.3) is 0 Å². The first kappa shape index (κ1) is 36.4. The molecule has 38 heavy (non-hydrogen) atoms. The molecule has 0 radical (unpaired) electrons. The molecule has 0 saturated carbocycles. The Morgan fingerprint density at radius 3 is 1.61 bits per heavy atom. The molecule has 10 nitrogen and oxygen atoms in total. The SMILES string of the molecule is C=C(C)C(=O)NCCC[N+](C)(C)CC(O)COCCCCOCC(O)C[N+](C)(C)CCCNC(=O)C(C)C. The maximum atomic E-state index is 11.6. The van der Waals surface area contributed by atoms with Gasteiger partial charge in [0.05, 0.1) is 54.5 Å². The molecule has 2 amide bonds. The Bertz CT molecular complexity index is 684. The molecule has 0 saturated heterocycles. The van der Waals surface area contributed by atoms with Gasteiger partial charge in [0.25, 0.3) is 0 Å². The molecule has 0 aliphatic carbocycles. The van der Waals surface area contributed by atoms with Gasteiger partial charge in [0.15, 0.2) is 0 Å². The Balaban J connectivity index is 3.82. The minimum Gasteiger partial charge on any atom is -0.385 e. The Kier molecular flexibility index (Phi) is 18.7. The van der Waals surface area contributed by atoms with Crippen molar-refractivity contribution in [1.29, 1.82) is 0 Å². The number of nitrogens with zero attached hydrogens (tertiary/aromatic N) is 2. The monoisotopic (exact) mass is 546 g/mol. The van der Waals surface area contributed by atoms with Crippen molar-refractivity contribution in [3.63, 3.8) is 0 Å². The van der Waals surface area contributed by atoms with Gasteiger partial charge in [0.1, 0.15) is 25.3 Å². The van der Waals surface area contributed by atoms with E-state index in [1.807, 2.05) is 13.8 Å². The zero-order valence-electron chi connectivity index (χ0n) is 25.3. The van der Waals surface area contributed by atoms with Gasteiger partial charge in [0, 0.05) is 50.6 Å². The molecule has 0 spiro atoms. The molecule has 0 fully saturated rings. The van der Waals surface area contributed by atoms with Crippen molar-refractivity contribution in [3.05, 3.63) is 12.2 Å². The van der Waals surface area contributed by atoms with Crippen LogP contribution in [-0.2, 0) is 19.1 Å². The van der Waals surface area contributed by atoms with Gasteiger partial charge in [0.2, 0.25) is 11.8 Å². The zero-order valence-corrected chi connectivity index (χ0v) is 25.3. The fourth-order valence-corrected chi connectivity index (χ4v) is 4.06. The van der Waals surface area contributed by atoms with E-state index in [1.54, 1.807) is 6.92 Å². The van der Waals surface area contributed by atoms with Gasteiger partial charge in [-0.1, -0.05) is 20.4 Å². The van der Waals surface area contributed by atoms with Crippen LogP contribution in [0.2, 0.25) is 0 Å². The molecular weight excluding hydrogens is 488 g/mol. The van der Waals surface area contributed by atoms with Crippen LogP contribution in [0.4, 0.5) is 0 Å². The third-order valence-corrected chi connectivity index (χ3v) is 6.24. The first-order valence-electron chi connectivity index (χ1n) is 14.0. The molecule has 0 aromatic carbocycles. The number of aliphatic hydroxyl groups excluding tert-OH is 2. The Labute approximate surface area is 231 Å². The average Bonchev–Trinajstić information content (AvgIpc) is 2.80. The van der Waals surface area contributed by atoms with Gasteiger partial charge in [-0.05, 0) is 19.8 Å². The van der Waals surface area contributed by atoms with Gasteiger partial charge >= 0.3 is 0 Å². The number of amides is 2. The van der Waals surface area contributed by atoms with Crippen LogP contribution < -0.4 is 10.6 Å². The van der Waals surface area contributed by atoms with Crippen LogP contribution in [0.3, 0.4) is 0 Å². The van der Waals surface area contributed by atoms with Gasteiger partial charge in [-0.15, -0.1) is 0 Å². The number of ether oxygens (including phenoxy) is 2.